The molecule has 0 aromatic carbocycles. The Hall–Kier alpha value is -0.910. The van der Waals surface area contributed by atoms with E-state index in [2.05, 4.69) is 5.32 Å². The van der Waals surface area contributed by atoms with Gasteiger partial charge in [-0.05, 0) is 19.6 Å². The summed E-state index contributed by atoms with van der Waals surface area (Å²) in [5.41, 5.74) is 0. The smallest absolute Gasteiger partial charge is 0.325 e. The standard InChI is InChI=1S/C11H22N2O3S/c1-5-9(8-17-4)13(3)11(15)12-7-10(14)16-6-2/h9H,5-8H2,1-4H3,(H,12,15). The van der Waals surface area contributed by atoms with Gasteiger partial charge in [0.05, 0.1) is 6.61 Å². The van der Waals surface area contributed by atoms with Crippen LogP contribution >= 0.6 is 11.8 Å². The Kier molecular flexibility index (Phi) is 8.66. The van der Waals surface area contributed by atoms with Crippen molar-refractivity contribution >= 4 is 23.8 Å². The Bertz CT molecular complexity index is 249. The summed E-state index contributed by atoms with van der Waals surface area (Å²) < 4.78 is 4.73. The van der Waals surface area contributed by atoms with E-state index in [1.54, 1.807) is 30.6 Å². The molecule has 100 valence electrons. The topological polar surface area (TPSA) is 58.6 Å². The van der Waals surface area contributed by atoms with Crippen molar-refractivity contribution in [3.05, 3.63) is 0 Å². The number of rotatable bonds is 7. The van der Waals surface area contributed by atoms with Crippen molar-refractivity contribution in [1.82, 2.24) is 10.2 Å². The zero-order chi connectivity index (χ0) is 13.3. The van der Waals surface area contributed by atoms with Crippen LogP contribution in [-0.2, 0) is 9.53 Å². The minimum atomic E-state index is -0.410. The summed E-state index contributed by atoms with van der Waals surface area (Å²) in [6.45, 7) is 4.02. The molecule has 2 amide bonds. The van der Waals surface area contributed by atoms with Crippen molar-refractivity contribution in [2.45, 2.75) is 26.3 Å². The van der Waals surface area contributed by atoms with Crippen molar-refractivity contribution in [3.63, 3.8) is 0 Å². The van der Waals surface area contributed by atoms with Crippen LogP contribution in [0.25, 0.3) is 0 Å². The van der Waals surface area contributed by atoms with Gasteiger partial charge >= 0.3 is 12.0 Å². The molecule has 0 aliphatic heterocycles. The van der Waals surface area contributed by atoms with Crippen LogP contribution in [0.3, 0.4) is 0 Å². The number of thioether (sulfide) groups is 1. The number of ether oxygens (including phenoxy) is 1. The summed E-state index contributed by atoms with van der Waals surface area (Å²) in [7, 11) is 1.74. The molecule has 0 aliphatic carbocycles. The number of carbonyl (C=O) groups excluding carboxylic acids is 2. The fraction of sp³-hybridized carbons (Fsp3) is 0.818. The molecule has 0 rings (SSSR count). The molecule has 0 radical (unpaired) electrons. The highest BCUT2D eigenvalue weighted by atomic mass is 32.2. The molecule has 0 bridgehead atoms. The van der Waals surface area contributed by atoms with Crippen LogP contribution in [0.4, 0.5) is 4.79 Å². The van der Waals surface area contributed by atoms with Gasteiger partial charge < -0.3 is 15.0 Å². The monoisotopic (exact) mass is 262 g/mol. The third-order valence-electron chi connectivity index (χ3n) is 2.39. The minimum Gasteiger partial charge on any atom is -0.465 e. The van der Waals surface area contributed by atoms with E-state index < -0.39 is 5.97 Å². The van der Waals surface area contributed by atoms with E-state index in [9.17, 15) is 9.59 Å². The predicted octanol–water partition coefficient (Wildman–Crippen LogP) is 1.33. The Morgan fingerprint density at radius 3 is 2.53 bits per heavy atom. The van der Waals surface area contributed by atoms with E-state index in [-0.39, 0.29) is 18.6 Å². The number of hydrogen-bond acceptors (Lipinski definition) is 4. The first-order valence-corrected chi connectivity index (χ1v) is 7.11. The summed E-state index contributed by atoms with van der Waals surface area (Å²) in [4.78, 5) is 24.4. The van der Waals surface area contributed by atoms with Crippen molar-refractivity contribution < 1.29 is 14.3 Å². The molecular formula is C11H22N2O3S. The van der Waals surface area contributed by atoms with Gasteiger partial charge in [-0.25, -0.2) is 4.79 Å². The SMILES string of the molecule is CCOC(=O)CNC(=O)N(C)C(CC)CSC. The molecule has 1 unspecified atom stereocenters. The van der Waals surface area contributed by atoms with Gasteiger partial charge in [-0.1, -0.05) is 6.92 Å². The summed E-state index contributed by atoms with van der Waals surface area (Å²) >= 11 is 1.70. The highest BCUT2D eigenvalue weighted by molar-refractivity contribution is 7.98. The summed E-state index contributed by atoms with van der Waals surface area (Å²) in [6, 6.07) is -0.0499. The van der Waals surface area contributed by atoms with Crippen molar-refractivity contribution in [2.24, 2.45) is 0 Å². The Balaban J connectivity index is 4.07. The molecule has 0 saturated carbocycles. The summed E-state index contributed by atoms with van der Waals surface area (Å²) in [5, 5.41) is 2.54. The van der Waals surface area contributed by atoms with Crippen molar-refractivity contribution in [3.8, 4) is 0 Å². The Morgan fingerprint density at radius 1 is 1.41 bits per heavy atom. The molecule has 1 N–H and O–H groups in total. The van der Waals surface area contributed by atoms with Crippen LogP contribution in [-0.4, -0.2) is 55.2 Å². The van der Waals surface area contributed by atoms with Gasteiger partial charge in [-0.2, -0.15) is 11.8 Å². The molecular weight excluding hydrogens is 240 g/mol. The van der Waals surface area contributed by atoms with E-state index in [0.717, 1.165) is 12.2 Å². The quantitative estimate of drug-likeness (QED) is 0.703. The van der Waals surface area contributed by atoms with Gasteiger partial charge in [0.1, 0.15) is 6.54 Å². The number of carbonyl (C=O) groups is 2. The molecule has 1 atom stereocenters. The molecule has 0 spiro atoms. The first kappa shape index (κ1) is 16.1. The molecule has 6 heteroatoms. The summed E-state index contributed by atoms with van der Waals surface area (Å²) in [6.07, 6.45) is 2.90. The highest BCUT2D eigenvalue weighted by Gasteiger charge is 2.18. The molecule has 0 aromatic rings. The van der Waals surface area contributed by atoms with Gasteiger partial charge in [0.25, 0.3) is 0 Å². The van der Waals surface area contributed by atoms with Gasteiger partial charge in [0.15, 0.2) is 0 Å². The lowest BCUT2D eigenvalue weighted by molar-refractivity contribution is -0.141. The van der Waals surface area contributed by atoms with Gasteiger partial charge in [-0.3, -0.25) is 4.79 Å². The lowest BCUT2D eigenvalue weighted by Crippen LogP contribution is -2.46. The van der Waals surface area contributed by atoms with Gasteiger partial charge in [0.2, 0.25) is 0 Å². The first-order valence-electron chi connectivity index (χ1n) is 5.71. The first-order chi connectivity index (χ1) is 8.06. The number of nitrogens with one attached hydrogen (secondary N) is 1. The van der Waals surface area contributed by atoms with E-state index >= 15 is 0 Å². The van der Waals surface area contributed by atoms with Crippen LogP contribution in [0.15, 0.2) is 0 Å². The zero-order valence-corrected chi connectivity index (χ0v) is 11.8. The average molecular weight is 262 g/mol. The lowest BCUT2D eigenvalue weighted by atomic mass is 10.2. The molecule has 0 fully saturated rings. The molecule has 0 aliphatic rings. The maximum atomic E-state index is 11.7. The normalized spacial score (nSPS) is 11.8. The van der Waals surface area contributed by atoms with E-state index in [1.165, 1.54) is 0 Å². The second kappa shape index (κ2) is 9.15. The van der Waals surface area contributed by atoms with E-state index in [4.69, 9.17) is 4.74 Å². The number of nitrogens with zero attached hydrogens (tertiary/aromatic N) is 1. The molecule has 0 heterocycles. The van der Waals surface area contributed by atoms with Gasteiger partial charge in [0, 0.05) is 18.8 Å². The van der Waals surface area contributed by atoms with Gasteiger partial charge in [-0.15, -0.1) is 0 Å². The fourth-order valence-electron chi connectivity index (χ4n) is 1.35. The molecule has 0 aromatic heterocycles. The number of amides is 2. The van der Waals surface area contributed by atoms with Crippen LogP contribution in [0.5, 0.6) is 0 Å². The molecule has 5 nitrogen and oxygen atoms in total. The summed E-state index contributed by atoms with van der Waals surface area (Å²) in [5.74, 6) is 0.479. The van der Waals surface area contributed by atoms with Crippen LogP contribution in [0, 0.1) is 0 Å². The second-order valence-electron chi connectivity index (χ2n) is 3.59. The highest BCUT2D eigenvalue weighted by Crippen LogP contribution is 2.08. The third-order valence-corrected chi connectivity index (χ3v) is 3.11. The van der Waals surface area contributed by atoms with E-state index in [0.29, 0.717) is 6.61 Å². The number of esters is 1. The Labute approximate surface area is 107 Å². The second-order valence-corrected chi connectivity index (χ2v) is 4.50. The third kappa shape index (κ3) is 6.41. The van der Waals surface area contributed by atoms with E-state index in [1.807, 2.05) is 13.2 Å². The predicted molar refractivity (Wildman–Crippen MR) is 70.3 cm³/mol. The maximum absolute atomic E-state index is 11.7. The zero-order valence-electron chi connectivity index (χ0n) is 11.0. The van der Waals surface area contributed by atoms with Crippen LogP contribution in [0.1, 0.15) is 20.3 Å². The molecule has 0 saturated heterocycles. The van der Waals surface area contributed by atoms with Crippen LogP contribution < -0.4 is 5.32 Å². The van der Waals surface area contributed by atoms with Crippen molar-refractivity contribution in [1.29, 1.82) is 0 Å². The average Bonchev–Trinajstić information content (AvgIpc) is 2.32. The lowest BCUT2D eigenvalue weighted by Gasteiger charge is -2.26. The fourth-order valence-corrected chi connectivity index (χ4v) is 2.19. The van der Waals surface area contributed by atoms with Crippen LogP contribution in [0.2, 0.25) is 0 Å². The largest absolute Gasteiger partial charge is 0.465 e. The minimum absolute atomic E-state index is 0.0767. The maximum Gasteiger partial charge on any atom is 0.325 e. The Morgan fingerprint density at radius 2 is 2.06 bits per heavy atom. The van der Waals surface area contributed by atoms with Crippen molar-refractivity contribution in [2.75, 3.05) is 32.2 Å². The number of hydrogen-bond donors (Lipinski definition) is 1. The molecule has 17 heavy (non-hydrogen) atoms. The number of urea groups is 1.